The highest BCUT2D eigenvalue weighted by atomic mass is 35.5. The Morgan fingerprint density at radius 3 is 2.74 bits per heavy atom. The van der Waals surface area contributed by atoms with Crippen LogP contribution in [0.5, 0.6) is 5.75 Å². The van der Waals surface area contributed by atoms with E-state index in [1.54, 1.807) is 43.6 Å². The molecule has 12 heteroatoms. The second-order valence-electron chi connectivity index (χ2n) is 7.76. The van der Waals surface area contributed by atoms with Crippen molar-refractivity contribution in [3.63, 3.8) is 0 Å². The first-order valence-electron chi connectivity index (χ1n) is 11.0. The maximum atomic E-state index is 12.9. The van der Waals surface area contributed by atoms with Gasteiger partial charge in [-0.25, -0.2) is 15.0 Å². The highest BCUT2D eigenvalue weighted by Gasteiger charge is 2.27. The number of aliphatic hydroxyl groups is 1. The van der Waals surface area contributed by atoms with E-state index in [4.69, 9.17) is 23.5 Å². The first kappa shape index (κ1) is 26.4. The molecule has 2 heterocycles. The van der Waals surface area contributed by atoms with Gasteiger partial charge in [-0.1, -0.05) is 17.7 Å². The first-order chi connectivity index (χ1) is 17.0. The average Bonchev–Trinajstić information content (AvgIpc) is 3.36. The number of guanidine groups is 1. The van der Waals surface area contributed by atoms with Crippen molar-refractivity contribution >= 4 is 42.1 Å². The van der Waals surface area contributed by atoms with E-state index in [9.17, 15) is 9.90 Å². The Bertz CT molecular complexity index is 1100. The minimum Gasteiger partial charge on any atom is -0.394 e. The predicted molar refractivity (Wildman–Crippen MR) is 135 cm³/mol. The van der Waals surface area contributed by atoms with Crippen LogP contribution in [0.15, 0.2) is 58.0 Å². The van der Waals surface area contributed by atoms with Crippen LogP contribution in [0.25, 0.3) is 0 Å². The van der Waals surface area contributed by atoms with Crippen molar-refractivity contribution < 1.29 is 14.2 Å². The van der Waals surface area contributed by atoms with Crippen molar-refractivity contribution in [3.8, 4) is 5.75 Å². The SMILES string of the molecule is C=N/C(=N\C(NCc1ccc(OCl)c(Cl)c1)=C(/C)C(=O)NCc1ncccn1)N1CCC[C@H]1CO. The summed E-state index contributed by atoms with van der Waals surface area (Å²) in [4.78, 5) is 31.7. The molecule has 0 spiro atoms. The number of carbonyl (C=O) groups is 1. The van der Waals surface area contributed by atoms with Crippen LogP contribution in [0.4, 0.5) is 0 Å². The highest BCUT2D eigenvalue weighted by molar-refractivity contribution is 6.32. The Labute approximate surface area is 213 Å². The minimum atomic E-state index is -0.351. The number of hydrogen-bond donors (Lipinski definition) is 3. The zero-order valence-corrected chi connectivity index (χ0v) is 20.8. The fraction of sp³-hybridized carbons (Fsp3) is 0.348. The van der Waals surface area contributed by atoms with Gasteiger partial charge in [0.1, 0.15) is 23.5 Å². The molecular formula is C23H27Cl2N7O3. The lowest BCUT2D eigenvalue weighted by molar-refractivity contribution is -0.117. The number of aliphatic hydroxyl groups excluding tert-OH is 1. The molecule has 1 fully saturated rings. The molecule has 1 aromatic heterocycles. The van der Waals surface area contributed by atoms with E-state index in [-0.39, 0.29) is 25.1 Å². The van der Waals surface area contributed by atoms with Crippen LogP contribution in [0.1, 0.15) is 31.2 Å². The van der Waals surface area contributed by atoms with Crippen molar-refractivity contribution in [3.05, 3.63) is 64.5 Å². The number of aliphatic imine (C=N–C) groups is 2. The molecule has 1 atom stereocenters. The number of likely N-dealkylation sites (tertiary alicyclic amines) is 1. The van der Waals surface area contributed by atoms with E-state index < -0.39 is 0 Å². The third kappa shape index (κ3) is 7.14. The number of aromatic nitrogens is 2. The summed E-state index contributed by atoms with van der Waals surface area (Å²) < 4.78 is 4.68. The van der Waals surface area contributed by atoms with Crippen LogP contribution in [0.2, 0.25) is 5.02 Å². The molecule has 2 aromatic rings. The summed E-state index contributed by atoms with van der Waals surface area (Å²) in [6, 6.07) is 6.73. The summed E-state index contributed by atoms with van der Waals surface area (Å²) in [5.74, 6) is 1.10. The van der Waals surface area contributed by atoms with Gasteiger partial charge in [-0.3, -0.25) is 4.79 Å². The predicted octanol–water partition coefficient (Wildman–Crippen LogP) is 2.81. The molecule has 1 aliphatic rings. The van der Waals surface area contributed by atoms with Crippen LogP contribution in [0.3, 0.4) is 0 Å². The molecule has 186 valence electrons. The maximum absolute atomic E-state index is 12.9. The van der Waals surface area contributed by atoms with E-state index in [0.717, 1.165) is 18.4 Å². The number of amides is 1. The van der Waals surface area contributed by atoms with Gasteiger partial charge in [0, 0.05) is 25.5 Å². The monoisotopic (exact) mass is 519 g/mol. The molecule has 3 N–H and O–H groups in total. The molecule has 3 rings (SSSR count). The second kappa shape index (κ2) is 13.0. The third-order valence-electron chi connectivity index (χ3n) is 5.46. The fourth-order valence-electron chi connectivity index (χ4n) is 3.56. The van der Waals surface area contributed by atoms with Crippen molar-refractivity contribution in [2.24, 2.45) is 9.98 Å². The largest absolute Gasteiger partial charge is 0.394 e. The number of halogens is 2. The highest BCUT2D eigenvalue weighted by Crippen LogP contribution is 2.26. The normalized spacial score (nSPS) is 16.5. The maximum Gasteiger partial charge on any atom is 0.251 e. The number of hydrogen-bond acceptors (Lipinski definition) is 7. The van der Waals surface area contributed by atoms with E-state index in [0.29, 0.717) is 47.0 Å². The molecule has 0 radical (unpaired) electrons. The molecule has 1 aromatic carbocycles. The van der Waals surface area contributed by atoms with Crippen LogP contribution in [0, 0.1) is 0 Å². The molecule has 0 bridgehead atoms. The van der Waals surface area contributed by atoms with Gasteiger partial charge in [-0.2, -0.15) is 4.99 Å². The van der Waals surface area contributed by atoms with E-state index in [2.05, 4.69) is 41.6 Å². The Balaban J connectivity index is 1.86. The summed E-state index contributed by atoms with van der Waals surface area (Å²) in [5, 5.41) is 16.1. The second-order valence-corrected chi connectivity index (χ2v) is 8.32. The van der Waals surface area contributed by atoms with E-state index >= 15 is 0 Å². The summed E-state index contributed by atoms with van der Waals surface area (Å²) in [7, 11) is 0. The van der Waals surface area contributed by atoms with Crippen LogP contribution in [-0.2, 0) is 17.9 Å². The van der Waals surface area contributed by atoms with Gasteiger partial charge in [-0.15, -0.1) is 0 Å². The number of nitrogens with one attached hydrogen (secondary N) is 2. The van der Waals surface area contributed by atoms with E-state index in [1.807, 2.05) is 4.90 Å². The molecule has 35 heavy (non-hydrogen) atoms. The molecule has 0 saturated carbocycles. The molecule has 1 amide bonds. The van der Waals surface area contributed by atoms with Gasteiger partial charge in [0.15, 0.2) is 5.75 Å². The van der Waals surface area contributed by atoms with E-state index in [1.165, 1.54) is 0 Å². The number of nitrogens with zero attached hydrogens (tertiary/aromatic N) is 5. The zero-order valence-electron chi connectivity index (χ0n) is 19.2. The zero-order chi connectivity index (χ0) is 25.2. The van der Waals surface area contributed by atoms with Crippen molar-refractivity contribution in [2.75, 3.05) is 13.2 Å². The molecule has 0 aliphatic carbocycles. The molecule has 0 unspecified atom stereocenters. The molecular weight excluding hydrogens is 493 g/mol. The number of rotatable bonds is 9. The Hall–Kier alpha value is -3.21. The van der Waals surface area contributed by atoms with Crippen LogP contribution in [-0.4, -0.2) is 57.8 Å². The van der Waals surface area contributed by atoms with Crippen LogP contribution < -0.4 is 14.9 Å². The van der Waals surface area contributed by atoms with Gasteiger partial charge < -0.3 is 24.9 Å². The lowest BCUT2D eigenvalue weighted by atomic mass is 10.2. The van der Waals surface area contributed by atoms with Crippen molar-refractivity contribution in [1.29, 1.82) is 0 Å². The third-order valence-corrected chi connectivity index (χ3v) is 5.92. The van der Waals surface area contributed by atoms with Gasteiger partial charge in [0.05, 0.1) is 29.8 Å². The van der Waals surface area contributed by atoms with Gasteiger partial charge in [-0.05, 0) is 50.2 Å². The average molecular weight is 520 g/mol. The Morgan fingerprint density at radius 1 is 1.31 bits per heavy atom. The lowest BCUT2D eigenvalue weighted by Gasteiger charge is -2.24. The van der Waals surface area contributed by atoms with Gasteiger partial charge in [0.25, 0.3) is 5.91 Å². The summed E-state index contributed by atoms with van der Waals surface area (Å²) in [5.41, 5.74) is 1.14. The van der Waals surface area contributed by atoms with Gasteiger partial charge >= 0.3 is 0 Å². The smallest absolute Gasteiger partial charge is 0.251 e. The molecule has 10 nitrogen and oxygen atoms in total. The molecule has 1 saturated heterocycles. The lowest BCUT2D eigenvalue weighted by Crippen LogP contribution is -2.37. The Morgan fingerprint density at radius 2 is 2.09 bits per heavy atom. The van der Waals surface area contributed by atoms with Crippen LogP contribution >= 0.6 is 23.5 Å². The van der Waals surface area contributed by atoms with Gasteiger partial charge in [0.2, 0.25) is 5.96 Å². The number of benzene rings is 1. The standard InChI is InChI=1S/C23H27Cl2N7O3/c1-15(22(34)30-13-20-27-8-4-9-28-20)21(29-12-16-6-7-19(35-25)18(24)11-16)31-23(26-2)32-10-3-5-17(32)14-33/h4,6-9,11,17,29,33H,2-3,5,10,12-14H2,1H3,(H,30,34)/b21-15+,31-23+/t17-/m0/s1. The quantitative estimate of drug-likeness (QED) is 0.264. The Kier molecular flexibility index (Phi) is 9.83. The minimum absolute atomic E-state index is 0.0228. The molecule has 1 aliphatic heterocycles. The summed E-state index contributed by atoms with van der Waals surface area (Å²) >= 11 is 11.6. The topological polar surface area (TPSA) is 124 Å². The first-order valence-corrected chi connectivity index (χ1v) is 11.6. The van der Waals surface area contributed by atoms with Crippen molar-refractivity contribution in [2.45, 2.75) is 38.9 Å². The number of carbonyl (C=O) groups excluding carboxylic acids is 1. The fourth-order valence-corrected chi connectivity index (χ4v) is 3.97. The summed E-state index contributed by atoms with van der Waals surface area (Å²) in [6.07, 6.45) is 4.93. The summed E-state index contributed by atoms with van der Waals surface area (Å²) in [6.45, 7) is 6.42. The van der Waals surface area contributed by atoms with Crippen molar-refractivity contribution in [1.82, 2.24) is 25.5 Å².